The minimum absolute atomic E-state index is 0.0129. The molecule has 0 aliphatic carbocycles. The maximum Gasteiger partial charge on any atom is 0.534 e. The van der Waals surface area contributed by atoms with Gasteiger partial charge in [-0.1, -0.05) is 0 Å². The van der Waals surface area contributed by atoms with Gasteiger partial charge in [-0.2, -0.15) is 21.6 Å². The van der Waals surface area contributed by atoms with E-state index in [0.717, 1.165) is 12.1 Å². The molecule has 1 aromatic heterocycles. The highest BCUT2D eigenvalue weighted by molar-refractivity contribution is 7.88. The van der Waals surface area contributed by atoms with Crippen molar-refractivity contribution in [1.29, 1.82) is 0 Å². The monoisotopic (exact) mass is 396 g/mol. The Morgan fingerprint density at radius 2 is 1.69 bits per heavy atom. The second kappa shape index (κ2) is 6.89. The average molecular weight is 396 g/mol. The Kier molecular flexibility index (Phi) is 5.36. The lowest BCUT2D eigenvalue weighted by Crippen LogP contribution is -2.28. The second-order valence-electron chi connectivity index (χ2n) is 5.25. The van der Waals surface area contributed by atoms with Crippen LogP contribution in [0.3, 0.4) is 0 Å². The molecule has 0 fully saturated rings. The van der Waals surface area contributed by atoms with Gasteiger partial charge in [0.1, 0.15) is 11.3 Å². The maximum atomic E-state index is 12.7. The highest BCUT2D eigenvalue weighted by Crippen LogP contribution is 2.37. The van der Waals surface area contributed by atoms with Crippen LogP contribution in [0, 0.1) is 13.8 Å². The Labute approximate surface area is 146 Å². The molecule has 7 nitrogen and oxygen atoms in total. The van der Waals surface area contributed by atoms with Crippen molar-refractivity contribution in [2.45, 2.75) is 25.6 Å². The Bertz CT molecular complexity index is 989. The summed E-state index contributed by atoms with van der Waals surface area (Å²) in [5.74, 6) is -0.527. The molecule has 0 N–H and O–H groups in total. The molecule has 144 valence electrons. The molecule has 0 atom stereocenters. The van der Waals surface area contributed by atoms with Crippen LogP contribution < -0.4 is 9.61 Å². The van der Waals surface area contributed by atoms with E-state index in [1.54, 1.807) is 0 Å². The highest BCUT2D eigenvalue weighted by atomic mass is 32.2. The molecular formula is C15H15F3O7S. The molecule has 0 bridgehead atoms. The number of halogens is 3. The van der Waals surface area contributed by atoms with Gasteiger partial charge < -0.3 is 18.1 Å². The molecule has 1 heterocycles. The largest absolute Gasteiger partial charge is 0.534 e. The van der Waals surface area contributed by atoms with Gasteiger partial charge in [0, 0.05) is 19.8 Å². The number of benzene rings is 1. The Morgan fingerprint density at radius 3 is 2.19 bits per heavy atom. The zero-order valence-corrected chi connectivity index (χ0v) is 14.9. The number of alkyl halides is 3. The fourth-order valence-electron chi connectivity index (χ4n) is 2.25. The van der Waals surface area contributed by atoms with Crippen LogP contribution in [-0.4, -0.2) is 28.1 Å². The average Bonchev–Trinajstić information content (AvgIpc) is 2.54. The van der Waals surface area contributed by atoms with Crippen molar-refractivity contribution in [1.82, 2.24) is 0 Å². The maximum absolute atomic E-state index is 12.7. The van der Waals surface area contributed by atoms with E-state index in [9.17, 15) is 26.4 Å². The van der Waals surface area contributed by atoms with Crippen molar-refractivity contribution in [3.05, 3.63) is 39.2 Å². The van der Waals surface area contributed by atoms with E-state index in [0.29, 0.717) is 5.56 Å². The molecular weight excluding hydrogens is 381 g/mol. The van der Waals surface area contributed by atoms with Gasteiger partial charge in [-0.15, -0.1) is 0 Å². The van der Waals surface area contributed by atoms with Gasteiger partial charge in [0.2, 0.25) is 0 Å². The molecule has 2 rings (SSSR count). The van der Waals surface area contributed by atoms with Crippen LogP contribution in [-0.2, 0) is 19.6 Å². The Morgan fingerprint density at radius 1 is 1.12 bits per heavy atom. The zero-order valence-electron chi connectivity index (χ0n) is 14.1. The summed E-state index contributed by atoms with van der Waals surface area (Å²) in [6.45, 7) is 3.00. The molecule has 0 aliphatic heterocycles. The first kappa shape index (κ1) is 20.2. The van der Waals surface area contributed by atoms with Gasteiger partial charge in [0.05, 0.1) is 10.9 Å². The predicted molar refractivity (Wildman–Crippen MR) is 84.3 cm³/mol. The van der Waals surface area contributed by atoms with Crippen molar-refractivity contribution in [2.24, 2.45) is 0 Å². The first-order valence-corrected chi connectivity index (χ1v) is 8.48. The molecule has 26 heavy (non-hydrogen) atoms. The summed E-state index contributed by atoms with van der Waals surface area (Å²) in [6.07, 6.45) is -1.35. The van der Waals surface area contributed by atoms with Gasteiger partial charge in [0.15, 0.2) is 17.5 Å². The molecule has 2 aromatic rings. The third-order valence-corrected chi connectivity index (χ3v) is 4.64. The molecule has 0 saturated heterocycles. The number of fused-ring (bicyclic) bond motifs is 1. The van der Waals surface area contributed by atoms with Crippen molar-refractivity contribution in [3.63, 3.8) is 0 Å². The molecule has 0 aliphatic rings. The standard InChI is InChI=1S/C15H15F3O7S/c1-7-8(2)24-13-9(12(7)19)5-6-10(11(13)14(22-3)23-4)25-26(20,21)15(16,17)18/h5-6,14H,1-4H3. The summed E-state index contributed by atoms with van der Waals surface area (Å²) >= 11 is 0. The SMILES string of the molecule is COC(OC)c1c(OS(=O)(=O)C(F)(F)F)ccc2c(=O)c(C)c(C)oc12. The van der Waals surface area contributed by atoms with Gasteiger partial charge in [0.25, 0.3) is 0 Å². The number of aryl methyl sites for hydroxylation is 1. The molecule has 0 radical (unpaired) electrons. The number of ether oxygens (including phenoxy) is 2. The van der Waals surface area contributed by atoms with Crippen molar-refractivity contribution >= 4 is 21.1 Å². The Balaban J connectivity index is 2.86. The minimum atomic E-state index is -5.95. The predicted octanol–water partition coefficient (Wildman–Crippen LogP) is 2.93. The fraction of sp³-hybridized carbons (Fsp3) is 0.400. The minimum Gasteiger partial charge on any atom is -0.460 e. The van der Waals surface area contributed by atoms with E-state index in [1.165, 1.54) is 28.1 Å². The van der Waals surface area contributed by atoms with Gasteiger partial charge in [-0.25, -0.2) is 0 Å². The molecule has 11 heteroatoms. The lowest BCUT2D eigenvalue weighted by Gasteiger charge is -2.19. The van der Waals surface area contributed by atoms with Crippen molar-refractivity contribution in [2.75, 3.05) is 14.2 Å². The van der Waals surface area contributed by atoms with Crippen LogP contribution in [0.5, 0.6) is 5.75 Å². The van der Waals surface area contributed by atoms with E-state index < -0.39 is 33.1 Å². The van der Waals surface area contributed by atoms with Crippen LogP contribution in [0.15, 0.2) is 21.3 Å². The van der Waals surface area contributed by atoms with Crippen LogP contribution in [0.2, 0.25) is 0 Å². The number of hydrogen-bond donors (Lipinski definition) is 0. The van der Waals surface area contributed by atoms with E-state index in [1.807, 2.05) is 0 Å². The highest BCUT2D eigenvalue weighted by Gasteiger charge is 2.49. The van der Waals surface area contributed by atoms with Crippen molar-refractivity contribution < 1.29 is 39.7 Å². The molecule has 0 spiro atoms. The van der Waals surface area contributed by atoms with E-state index in [-0.39, 0.29) is 22.3 Å². The number of methoxy groups -OCH3 is 2. The van der Waals surface area contributed by atoms with Crippen LogP contribution in [0.1, 0.15) is 23.2 Å². The molecule has 1 aromatic carbocycles. The van der Waals surface area contributed by atoms with Gasteiger partial charge in [-0.3, -0.25) is 4.79 Å². The summed E-state index contributed by atoms with van der Waals surface area (Å²) < 4.78 is 80.5. The lowest BCUT2D eigenvalue weighted by molar-refractivity contribution is -0.106. The van der Waals surface area contributed by atoms with Gasteiger partial charge in [-0.05, 0) is 26.0 Å². The number of rotatable bonds is 5. The van der Waals surface area contributed by atoms with Crippen LogP contribution in [0.4, 0.5) is 13.2 Å². The Hall–Kier alpha value is -2.11. The molecule has 0 saturated carbocycles. The summed E-state index contributed by atoms with van der Waals surface area (Å²) in [5.41, 5.74) is -6.26. The summed E-state index contributed by atoms with van der Waals surface area (Å²) in [5, 5.41) is 0.0129. The summed E-state index contributed by atoms with van der Waals surface area (Å²) in [6, 6.07) is 2.03. The van der Waals surface area contributed by atoms with Crippen molar-refractivity contribution in [3.8, 4) is 5.75 Å². The summed E-state index contributed by atoms with van der Waals surface area (Å²) in [4.78, 5) is 12.4. The van der Waals surface area contributed by atoms with Crippen LogP contribution >= 0.6 is 0 Å². The number of hydrogen-bond acceptors (Lipinski definition) is 7. The van der Waals surface area contributed by atoms with E-state index >= 15 is 0 Å². The van der Waals surface area contributed by atoms with Crippen LogP contribution in [0.25, 0.3) is 11.0 Å². The smallest absolute Gasteiger partial charge is 0.460 e. The first-order valence-electron chi connectivity index (χ1n) is 7.07. The van der Waals surface area contributed by atoms with Gasteiger partial charge >= 0.3 is 15.6 Å². The third kappa shape index (κ3) is 3.41. The molecule has 0 amide bonds. The fourth-order valence-corrected chi connectivity index (χ4v) is 2.73. The van der Waals surface area contributed by atoms with E-state index in [2.05, 4.69) is 4.18 Å². The summed E-state index contributed by atoms with van der Waals surface area (Å²) in [7, 11) is -3.60. The second-order valence-corrected chi connectivity index (χ2v) is 6.79. The first-order chi connectivity index (χ1) is 11.9. The van der Waals surface area contributed by atoms with E-state index in [4.69, 9.17) is 13.9 Å². The topological polar surface area (TPSA) is 92.0 Å². The zero-order chi connectivity index (χ0) is 19.9. The molecule has 0 unspecified atom stereocenters. The quantitative estimate of drug-likeness (QED) is 0.436. The lowest BCUT2D eigenvalue weighted by atomic mass is 10.1. The normalized spacial score (nSPS) is 12.8. The third-order valence-electron chi connectivity index (χ3n) is 3.67.